The Labute approximate surface area is 209 Å². The number of rotatable bonds is 6. The van der Waals surface area contributed by atoms with E-state index in [0.717, 1.165) is 13.1 Å². The first-order valence-electron chi connectivity index (χ1n) is 10.8. The lowest BCUT2D eigenvalue weighted by Crippen LogP contribution is -2.53. The third kappa shape index (κ3) is 5.41. The second-order valence-corrected chi connectivity index (χ2v) is 11.5. The minimum atomic E-state index is -3.99. The minimum Gasteiger partial charge on any atom is -0.474 e. The van der Waals surface area contributed by atoms with E-state index in [1.54, 1.807) is 0 Å². The summed E-state index contributed by atoms with van der Waals surface area (Å²) in [6, 6.07) is 5.59. The summed E-state index contributed by atoms with van der Waals surface area (Å²) in [4.78, 5) is 19.5. The van der Waals surface area contributed by atoms with Crippen molar-refractivity contribution in [3.05, 3.63) is 46.1 Å². The van der Waals surface area contributed by atoms with Crippen LogP contribution in [0.25, 0.3) is 0 Å². The average Bonchev–Trinajstić information content (AvgIpc) is 2.80. The summed E-state index contributed by atoms with van der Waals surface area (Å²) in [5, 5.41) is 3.41. The number of halogens is 2. The monoisotopic (exact) mass is 528 g/mol. The fourth-order valence-electron chi connectivity index (χ4n) is 3.95. The highest BCUT2D eigenvalue weighted by atomic mass is 35.5. The predicted octanol–water partition coefficient (Wildman–Crippen LogP) is 2.82. The number of morpholine rings is 1. The van der Waals surface area contributed by atoms with E-state index in [0.29, 0.717) is 19.8 Å². The van der Waals surface area contributed by atoms with E-state index in [1.807, 2.05) is 13.8 Å². The fourth-order valence-corrected chi connectivity index (χ4v) is 5.78. The summed E-state index contributed by atoms with van der Waals surface area (Å²) in [6.45, 7) is 7.67. The van der Waals surface area contributed by atoms with Crippen molar-refractivity contribution in [2.45, 2.75) is 24.3 Å². The molecule has 34 heavy (non-hydrogen) atoms. The molecule has 2 aromatic rings. The smallest absolute Gasteiger partial charge is 0.264 e. The van der Waals surface area contributed by atoms with Crippen molar-refractivity contribution in [1.82, 2.24) is 15.2 Å². The molecule has 0 aliphatic carbocycles. The lowest BCUT2D eigenvalue weighted by Gasteiger charge is -2.35. The normalized spacial score (nSPS) is 17.1. The van der Waals surface area contributed by atoms with Crippen molar-refractivity contribution in [3.63, 3.8) is 0 Å². The lowest BCUT2D eigenvalue weighted by atomic mass is 10.0. The first kappa shape index (κ1) is 25.0. The van der Waals surface area contributed by atoms with Gasteiger partial charge in [0.05, 0.1) is 40.3 Å². The number of anilines is 1. The standard InChI is InChI=1S/C22H26Cl2N4O5S/c1-22(2,14-27-5-8-32-9-6-27)26-20(29)15-11-19-21(25-13-15)33-10-7-28(19)34(30,31)16-3-4-17(23)18(24)12-16/h3-4,11-13H,5-10,14H2,1-2H3,(H,26,29). The van der Waals surface area contributed by atoms with Crippen molar-refractivity contribution in [3.8, 4) is 5.88 Å². The number of nitrogens with zero attached hydrogens (tertiary/aromatic N) is 3. The van der Waals surface area contributed by atoms with E-state index in [4.69, 9.17) is 32.7 Å². The number of benzene rings is 1. The highest BCUT2D eigenvalue weighted by molar-refractivity contribution is 7.92. The molecule has 0 bridgehead atoms. The van der Waals surface area contributed by atoms with Gasteiger partial charge in [0, 0.05) is 31.4 Å². The summed E-state index contributed by atoms with van der Waals surface area (Å²) >= 11 is 12.0. The molecule has 0 radical (unpaired) electrons. The zero-order valence-electron chi connectivity index (χ0n) is 18.9. The molecule has 1 amide bonds. The van der Waals surface area contributed by atoms with Gasteiger partial charge in [0.1, 0.15) is 12.3 Å². The van der Waals surface area contributed by atoms with Crippen molar-refractivity contribution in [2.24, 2.45) is 0 Å². The maximum absolute atomic E-state index is 13.4. The van der Waals surface area contributed by atoms with Gasteiger partial charge in [-0.3, -0.25) is 14.0 Å². The zero-order valence-corrected chi connectivity index (χ0v) is 21.2. The van der Waals surface area contributed by atoms with E-state index < -0.39 is 15.6 Å². The van der Waals surface area contributed by atoms with Gasteiger partial charge in [-0.2, -0.15) is 0 Å². The first-order chi connectivity index (χ1) is 16.1. The van der Waals surface area contributed by atoms with Gasteiger partial charge < -0.3 is 14.8 Å². The van der Waals surface area contributed by atoms with Gasteiger partial charge in [-0.05, 0) is 38.1 Å². The summed E-state index contributed by atoms with van der Waals surface area (Å²) in [5.74, 6) is -0.218. The molecule has 0 saturated carbocycles. The van der Waals surface area contributed by atoms with Gasteiger partial charge in [0.2, 0.25) is 5.88 Å². The number of pyridine rings is 1. The second kappa shape index (κ2) is 9.87. The Morgan fingerprint density at radius 2 is 1.85 bits per heavy atom. The molecule has 2 aliphatic rings. The van der Waals surface area contributed by atoms with Crippen LogP contribution in [0.5, 0.6) is 5.88 Å². The van der Waals surface area contributed by atoms with Gasteiger partial charge in [-0.25, -0.2) is 13.4 Å². The average molecular weight is 529 g/mol. The molecule has 1 aromatic carbocycles. The molecule has 1 aromatic heterocycles. The third-order valence-corrected chi connectivity index (χ3v) is 8.10. The van der Waals surface area contributed by atoms with Crippen LogP contribution in [-0.2, 0) is 14.8 Å². The zero-order chi connectivity index (χ0) is 24.5. The number of amides is 1. The van der Waals surface area contributed by atoms with E-state index >= 15 is 0 Å². The van der Waals surface area contributed by atoms with Crippen molar-refractivity contribution < 1.29 is 22.7 Å². The van der Waals surface area contributed by atoms with Crippen molar-refractivity contribution in [2.75, 3.05) is 50.3 Å². The molecule has 3 heterocycles. The van der Waals surface area contributed by atoms with E-state index in [2.05, 4.69) is 15.2 Å². The minimum absolute atomic E-state index is 0.0174. The van der Waals surface area contributed by atoms with Crippen LogP contribution in [0.4, 0.5) is 5.69 Å². The second-order valence-electron chi connectivity index (χ2n) is 8.78. The van der Waals surface area contributed by atoms with E-state index in [-0.39, 0.29) is 51.1 Å². The quantitative estimate of drug-likeness (QED) is 0.614. The van der Waals surface area contributed by atoms with Crippen LogP contribution in [0.3, 0.4) is 0 Å². The molecule has 184 valence electrons. The Morgan fingerprint density at radius 3 is 2.56 bits per heavy atom. The van der Waals surface area contributed by atoms with Crippen molar-refractivity contribution in [1.29, 1.82) is 0 Å². The van der Waals surface area contributed by atoms with Gasteiger partial charge >= 0.3 is 0 Å². The number of nitrogens with one attached hydrogen (secondary N) is 1. The summed E-state index contributed by atoms with van der Waals surface area (Å²) in [5.41, 5.74) is -0.100. The molecule has 2 aliphatic heterocycles. The highest BCUT2D eigenvalue weighted by Crippen LogP contribution is 2.35. The third-order valence-electron chi connectivity index (χ3n) is 5.55. The first-order valence-corrected chi connectivity index (χ1v) is 13.0. The molecular weight excluding hydrogens is 503 g/mol. The number of carbonyl (C=O) groups excluding carboxylic acids is 1. The van der Waals surface area contributed by atoms with Crippen molar-refractivity contribution >= 4 is 44.8 Å². The molecule has 9 nitrogen and oxygen atoms in total. The molecule has 12 heteroatoms. The summed E-state index contributed by atoms with van der Waals surface area (Å²) in [7, 11) is -3.99. The summed E-state index contributed by atoms with van der Waals surface area (Å²) < 4.78 is 38.8. The molecule has 1 N–H and O–H groups in total. The topological polar surface area (TPSA) is 101 Å². The number of fused-ring (bicyclic) bond motifs is 1. The number of carbonyl (C=O) groups is 1. The molecule has 0 spiro atoms. The predicted molar refractivity (Wildman–Crippen MR) is 130 cm³/mol. The van der Waals surface area contributed by atoms with Crippen LogP contribution in [0, 0.1) is 0 Å². The van der Waals surface area contributed by atoms with Gasteiger partial charge in [-0.15, -0.1) is 0 Å². The Bertz CT molecular complexity index is 1190. The number of hydrogen-bond acceptors (Lipinski definition) is 7. The number of aromatic nitrogens is 1. The summed E-state index contributed by atoms with van der Waals surface area (Å²) in [6.07, 6.45) is 1.38. The van der Waals surface area contributed by atoms with E-state index in [1.165, 1.54) is 34.8 Å². The Hall–Kier alpha value is -2.11. The van der Waals surface area contributed by atoms with E-state index in [9.17, 15) is 13.2 Å². The van der Waals surface area contributed by atoms with Crippen LogP contribution < -0.4 is 14.4 Å². The lowest BCUT2D eigenvalue weighted by molar-refractivity contribution is 0.0269. The van der Waals surface area contributed by atoms with Crippen LogP contribution in [0.2, 0.25) is 10.0 Å². The maximum atomic E-state index is 13.4. The SMILES string of the molecule is CC(C)(CN1CCOCC1)NC(=O)c1cnc2c(c1)N(S(=O)(=O)c1ccc(Cl)c(Cl)c1)CCO2. The number of sulfonamides is 1. The molecule has 1 fully saturated rings. The Balaban J connectivity index is 1.58. The fraction of sp³-hybridized carbons (Fsp3) is 0.455. The van der Waals surface area contributed by atoms with Crippen LogP contribution in [0.1, 0.15) is 24.2 Å². The molecule has 0 atom stereocenters. The molecule has 4 rings (SSSR count). The van der Waals surface area contributed by atoms with Crippen LogP contribution in [0.15, 0.2) is 35.4 Å². The maximum Gasteiger partial charge on any atom is 0.264 e. The molecule has 1 saturated heterocycles. The Kier molecular flexibility index (Phi) is 7.25. The van der Waals surface area contributed by atoms with Crippen LogP contribution in [-0.4, -0.2) is 75.7 Å². The van der Waals surface area contributed by atoms with Gasteiger partial charge in [-0.1, -0.05) is 23.2 Å². The van der Waals surface area contributed by atoms with Crippen LogP contribution >= 0.6 is 23.2 Å². The molecular formula is C22H26Cl2N4O5S. The van der Waals surface area contributed by atoms with Gasteiger partial charge in [0.25, 0.3) is 15.9 Å². The Morgan fingerprint density at radius 1 is 1.12 bits per heavy atom. The highest BCUT2D eigenvalue weighted by Gasteiger charge is 2.33. The number of hydrogen-bond donors (Lipinski definition) is 1. The van der Waals surface area contributed by atoms with Gasteiger partial charge in [0.15, 0.2) is 0 Å². The molecule has 0 unspecified atom stereocenters. The number of ether oxygens (including phenoxy) is 2. The largest absolute Gasteiger partial charge is 0.474 e.